The first kappa shape index (κ1) is 30.7. The first-order valence-electron chi connectivity index (χ1n) is 13.3. The number of amides is 2. The van der Waals surface area contributed by atoms with Crippen LogP contribution >= 0.6 is 46.6 Å². The molecule has 1 aliphatic rings. The van der Waals surface area contributed by atoms with E-state index in [-0.39, 0.29) is 23.7 Å². The zero-order valence-corrected chi connectivity index (χ0v) is 26.0. The van der Waals surface area contributed by atoms with Gasteiger partial charge in [0, 0.05) is 50.2 Å². The number of aromatic nitrogens is 3. The highest BCUT2D eigenvalue weighted by molar-refractivity contribution is 7.99. The third kappa shape index (κ3) is 7.32. The lowest BCUT2D eigenvalue weighted by Gasteiger charge is -2.42. The fourth-order valence-electron chi connectivity index (χ4n) is 4.65. The van der Waals surface area contributed by atoms with Crippen LogP contribution in [-0.4, -0.2) is 73.7 Å². The van der Waals surface area contributed by atoms with E-state index >= 15 is 0 Å². The third-order valence-electron chi connectivity index (χ3n) is 6.99. The predicted molar refractivity (Wildman–Crippen MR) is 163 cm³/mol. The number of benzene rings is 2. The molecule has 3 aromatic rings. The molecule has 1 aliphatic heterocycles. The van der Waals surface area contributed by atoms with Crippen LogP contribution in [0.5, 0.6) is 0 Å². The molecule has 1 saturated heterocycles. The summed E-state index contributed by atoms with van der Waals surface area (Å²) in [6.45, 7) is 7.30. The van der Waals surface area contributed by atoms with Crippen LogP contribution in [0.4, 0.5) is 0 Å². The fourth-order valence-corrected chi connectivity index (χ4v) is 5.96. The molecule has 0 spiro atoms. The molecular weight excluding hydrogens is 589 g/mol. The molecule has 7 nitrogen and oxygen atoms in total. The van der Waals surface area contributed by atoms with Crippen molar-refractivity contribution in [2.45, 2.75) is 51.2 Å². The van der Waals surface area contributed by atoms with Gasteiger partial charge in [-0.05, 0) is 51.0 Å². The molecular formula is C29H34Cl3N5O2S. The number of alkyl halides is 1. The van der Waals surface area contributed by atoms with Crippen molar-refractivity contribution in [1.29, 1.82) is 0 Å². The number of hydrogen-bond donors (Lipinski definition) is 0. The molecule has 1 unspecified atom stereocenters. The fraction of sp³-hybridized carbons (Fsp3) is 0.448. The summed E-state index contributed by atoms with van der Waals surface area (Å²) in [4.78, 5) is 29.6. The van der Waals surface area contributed by atoms with E-state index in [0.717, 1.165) is 22.2 Å². The van der Waals surface area contributed by atoms with E-state index in [0.29, 0.717) is 54.7 Å². The molecule has 2 amide bonds. The monoisotopic (exact) mass is 621 g/mol. The van der Waals surface area contributed by atoms with E-state index in [1.807, 2.05) is 65.5 Å². The smallest absolute Gasteiger partial charge is 0.229 e. The Labute approximate surface area is 255 Å². The molecule has 1 atom stereocenters. The molecule has 11 heteroatoms. The maximum absolute atomic E-state index is 13.0. The number of thioether (sulfide) groups is 1. The Hall–Kier alpha value is -2.26. The summed E-state index contributed by atoms with van der Waals surface area (Å²) in [5.41, 5.74) is 1.35. The highest BCUT2D eigenvalue weighted by atomic mass is 35.5. The lowest BCUT2D eigenvalue weighted by molar-refractivity contribution is -0.148. The Morgan fingerprint density at radius 1 is 1.05 bits per heavy atom. The Bertz CT molecular complexity index is 1330. The van der Waals surface area contributed by atoms with Gasteiger partial charge in [-0.2, -0.15) is 0 Å². The zero-order valence-electron chi connectivity index (χ0n) is 22.9. The maximum Gasteiger partial charge on any atom is 0.229 e. The van der Waals surface area contributed by atoms with Crippen molar-refractivity contribution >= 4 is 58.4 Å². The van der Waals surface area contributed by atoms with Gasteiger partial charge in [-0.1, -0.05) is 65.3 Å². The highest BCUT2D eigenvalue weighted by Crippen LogP contribution is 2.29. The SMILES string of the molecule is CC1CN(C(=O)CCCSc2nnc(Cc3ccccc3)n2-c2ccc(Cl)c(Cl)c2)CCN1C(=O)C(C)(C)CCl. The standard InChI is InChI=1S/C29H34Cl3N5O2S/c1-20-18-35(13-14-36(20)27(39)29(2,3)19-30)26(38)10-7-15-40-28-34-33-25(16-21-8-5-4-6-9-21)37(28)22-11-12-23(31)24(32)17-22/h4-6,8-9,11-12,17,20H,7,10,13-16,18-19H2,1-3H3. The quantitative estimate of drug-likeness (QED) is 0.149. The van der Waals surface area contributed by atoms with Crippen LogP contribution in [0, 0.1) is 5.41 Å². The Kier molecular flexibility index (Phi) is 10.4. The molecule has 0 bridgehead atoms. The normalized spacial score (nSPS) is 15.9. The van der Waals surface area contributed by atoms with Crippen LogP contribution in [-0.2, 0) is 16.0 Å². The molecule has 4 rings (SSSR count). The van der Waals surface area contributed by atoms with Crippen molar-refractivity contribution in [2.24, 2.45) is 5.41 Å². The largest absolute Gasteiger partial charge is 0.339 e. The van der Waals surface area contributed by atoms with E-state index in [2.05, 4.69) is 22.3 Å². The number of nitrogens with zero attached hydrogens (tertiary/aromatic N) is 5. The second-order valence-corrected chi connectivity index (χ2v) is 12.8. The van der Waals surface area contributed by atoms with E-state index in [4.69, 9.17) is 34.8 Å². The van der Waals surface area contributed by atoms with Gasteiger partial charge in [0.1, 0.15) is 5.82 Å². The number of carbonyl (C=O) groups excluding carboxylic acids is 2. The molecule has 0 aliphatic carbocycles. The van der Waals surface area contributed by atoms with Crippen molar-refractivity contribution < 1.29 is 9.59 Å². The Balaban J connectivity index is 1.36. The summed E-state index contributed by atoms with van der Waals surface area (Å²) in [6, 6.07) is 15.5. The number of halogens is 3. The van der Waals surface area contributed by atoms with Crippen LogP contribution in [0.1, 0.15) is 45.0 Å². The summed E-state index contributed by atoms with van der Waals surface area (Å²) in [6.07, 6.45) is 1.74. The van der Waals surface area contributed by atoms with Crippen molar-refractivity contribution in [3.63, 3.8) is 0 Å². The van der Waals surface area contributed by atoms with Crippen LogP contribution in [0.3, 0.4) is 0 Å². The summed E-state index contributed by atoms with van der Waals surface area (Å²) in [7, 11) is 0. The lowest BCUT2D eigenvalue weighted by atomic mass is 9.93. The first-order chi connectivity index (χ1) is 19.1. The van der Waals surface area contributed by atoms with Gasteiger partial charge in [0.15, 0.2) is 5.16 Å². The lowest BCUT2D eigenvalue weighted by Crippen LogP contribution is -2.58. The summed E-state index contributed by atoms with van der Waals surface area (Å²) in [5, 5.41) is 10.6. The topological polar surface area (TPSA) is 71.3 Å². The molecule has 0 saturated carbocycles. The van der Waals surface area contributed by atoms with Crippen LogP contribution in [0.15, 0.2) is 53.7 Å². The molecule has 1 fully saturated rings. The van der Waals surface area contributed by atoms with Gasteiger partial charge in [-0.3, -0.25) is 14.2 Å². The number of rotatable bonds is 10. The van der Waals surface area contributed by atoms with Gasteiger partial charge in [-0.25, -0.2) is 0 Å². The molecule has 214 valence electrons. The van der Waals surface area contributed by atoms with Gasteiger partial charge < -0.3 is 9.80 Å². The number of carbonyl (C=O) groups is 2. The predicted octanol–water partition coefficient (Wildman–Crippen LogP) is 6.36. The molecule has 2 heterocycles. The van der Waals surface area contributed by atoms with E-state index in [9.17, 15) is 9.59 Å². The molecule has 2 aromatic carbocycles. The van der Waals surface area contributed by atoms with Crippen molar-refractivity contribution in [2.75, 3.05) is 31.3 Å². The minimum atomic E-state index is -0.613. The van der Waals surface area contributed by atoms with E-state index < -0.39 is 5.41 Å². The average Bonchev–Trinajstić information content (AvgIpc) is 3.34. The Morgan fingerprint density at radius 3 is 2.48 bits per heavy atom. The van der Waals surface area contributed by atoms with Gasteiger partial charge in [-0.15, -0.1) is 21.8 Å². The minimum absolute atomic E-state index is 0.0382. The van der Waals surface area contributed by atoms with Gasteiger partial charge in [0.05, 0.1) is 21.1 Å². The second-order valence-electron chi connectivity index (χ2n) is 10.7. The van der Waals surface area contributed by atoms with Gasteiger partial charge in [0.25, 0.3) is 0 Å². The second kappa shape index (κ2) is 13.6. The zero-order chi connectivity index (χ0) is 28.9. The van der Waals surface area contributed by atoms with Gasteiger partial charge >= 0.3 is 0 Å². The van der Waals surface area contributed by atoms with E-state index in [1.54, 1.807) is 17.8 Å². The van der Waals surface area contributed by atoms with E-state index in [1.165, 1.54) is 0 Å². The van der Waals surface area contributed by atoms with Crippen molar-refractivity contribution in [1.82, 2.24) is 24.6 Å². The van der Waals surface area contributed by atoms with Crippen molar-refractivity contribution in [3.05, 3.63) is 70.0 Å². The van der Waals surface area contributed by atoms with Crippen molar-refractivity contribution in [3.8, 4) is 5.69 Å². The summed E-state index contributed by atoms with van der Waals surface area (Å²) >= 11 is 20.1. The average molecular weight is 623 g/mol. The number of hydrogen-bond acceptors (Lipinski definition) is 5. The summed E-state index contributed by atoms with van der Waals surface area (Å²) in [5.74, 6) is 1.90. The minimum Gasteiger partial charge on any atom is -0.339 e. The molecule has 0 N–H and O–H groups in total. The summed E-state index contributed by atoms with van der Waals surface area (Å²) < 4.78 is 2.00. The van der Waals surface area contributed by atoms with Crippen LogP contribution in [0.25, 0.3) is 5.69 Å². The van der Waals surface area contributed by atoms with Crippen LogP contribution < -0.4 is 0 Å². The molecule has 1 aromatic heterocycles. The third-order valence-corrected chi connectivity index (χ3v) is 9.41. The molecule has 40 heavy (non-hydrogen) atoms. The number of piperazine rings is 1. The first-order valence-corrected chi connectivity index (χ1v) is 15.6. The highest BCUT2D eigenvalue weighted by Gasteiger charge is 2.36. The molecule has 0 radical (unpaired) electrons. The van der Waals surface area contributed by atoms with Crippen LogP contribution in [0.2, 0.25) is 10.0 Å². The maximum atomic E-state index is 13.0. The van der Waals surface area contributed by atoms with Gasteiger partial charge in [0.2, 0.25) is 11.8 Å². The Morgan fingerprint density at radius 2 is 1.80 bits per heavy atom.